The minimum Gasteiger partial charge on any atom is -0.444 e. The third kappa shape index (κ3) is 6.50. The lowest BCUT2D eigenvalue weighted by Gasteiger charge is -2.35. The summed E-state index contributed by atoms with van der Waals surface area (Å²) in [7, 11) is 0. The molecule has 0 unspecified atom stereocenters. The van der Waals surface area contributed by atoms with E-state index in [4.69, 9.17) is 4.74 Å². The van der Waals surface area contributed by atoms with Crippen LogP contribution in [0, 0.1) is 0 Å². The molecule has 1 saturated heterocycles. The zero-order valence-electron chi connectivity index (χ0n) is 14.3. The maximum atomic E-state index is 12.0. The molecule has 1 aromatic heterocycles. The van der Waals surface area contributed by atoms with Crippen LogP contribution in [0.25, 0.3) is 0 Å². The number of carbonyl (C=O) groups excluding carboxylic acids is 1. The van der Waals surface area contributed by atoms with Crippen LogP contribution in [-0.2, 0) is 11.3 Å². The van der Waals surface area contributed by atoms with Crippen molar-refractivity contribution in [2.75, 3.05) is 39.3 Å². The highest BCUT2D eigenvalue weighted by Gasteiger charge is 2.25. The predicted octanol–water partition coefficient (Wildman–Crippen LogP) is 1.12. The monoisotopic (exact) mass is 321 g/mol. The van der Waals surface area contributed by atoms with Crippen LogP contribution >= 0.6 is 0 Å². The molecule has 0 atom stereocenters. The molecule has 1 aliphatic rings. The first-order chi connectivity index (χ1) is 10.9. The minimum atomic E-state index is -0.431. The zero-order valence-corrected chi connectivity index (χ0v) is 14.3. The van der Waals surface area contributed by atoms with Crippen molar-refractivity contribution in [3.05, 3.63) is 24.3 Å². The van der Waals surface area contributed by atoms with E-state index >= 15 is 0 Å². The molecule has 1 aliphatic heterocycles. The Labute approximate surface area is 138 Å². The van der Waals surface area contributed by atoms with Crippen molar-refractivity contribution < 1.29 is 9.53 Å². The van der Waals surface area contributed by atoms with Gasteiger partial charge >= 0.3 is 6.09 Å². The number of carbonyl (C=O) groups is 1. The smallest absolute Gasteiger partial charge is 0.410 e. The van der Waals surface area contributed by atoms with E-state index in [1.165, 1.54) is 0 Å². The molecule has 1 N–H and O–H groups in total. The molecule has 7 nitrogen and oxygen atoms in total. The van der Waals surface area contributed by atoms with Gasteiger partial charge in [-0.25, -0.2) is 14.8 Å². The first kappa shape index (κ1) is 17.6. The number of nitrogens with one attached hydrogen (secondary N) is 1. The second-order valence-electron chi connectivity index (χ2n) is 6.69. The standard InChI is InChI=1S/C16H27N5O2/c1-16(2,3)23-15(22)21-10-8-20(9-11-21)7-6-17-12-14-4-5-18-13-19-14/h4-5,13,17H,6-12H2,1-3H3. The molecule has 0 radical (unpaired) electrons. The number of ether oxygens (including phenoxy) is 1. The first-order valence-corrected chi connectivity index (χ1v) is 8.10. The van der Waals surface area contributed by atoms with Crippen LogP contribution in [0.4, 0.5) is 4.79 Å². The summed E-state index contributed by atoms with van der Waals surface area (Å²) in [4.78, 5) is 24.2. The van der Waals surface area contributed by atoms with Gasteiger partial charge in [-0.2, -0.15) is 0 Å². The van der Waals surface area contributed by atoms with Crippen molar-refractivity contribution >= 4 is 6.09 Å². The van der Waals surface area contributed by atoms with Crippen molar-refractivity contribution in [1.82, 2.24) is 25.1 Å². The lowest BCUT2D eigenvalue weighted by molar-refractivity contribution is 0.0146. The normalized spacial score (nSPS) is 16.4. The molecule has 2 rings (SSSR count). The number of piperazine rings is 1. The van der Waals surface area contributed by atoms with E-state index in [1.807, 2.05) is 26.8 Å². The van der Waals surface area contributed by atoms with Gasteiger partial charge in [0.1, 0.15) is 11.9 Å². The third-order valence-corrected chi connectivity index (χ3v) is 3.58. The molecule has 1 amide bonds. The van der Waals surface area contributed by atoms with Crippen molar-refractivity contribution in [2.24, 2.45) is 0 Å². The second kappa shape index (κ2) is 8.21. The Morgan fingerprint density at radius 2 is 2.04 bits per heavy atom. The van der Waals surface area contributed by atoms with Crippen LogP contribution in [0.15, 0.2) is 18.6 Å². The van der Waals surface area contributed by atoms with Crippen molar-refractivity contribution in [3.63, 3.8) is 0 Å². The Hall–Kier alpha value is -1.73. The van der Waals surface area contributed by atoms with Crippen molar-refractivity contribution in [3.8, 4) is 0 Å². The molecule has 23 heavy (non-hydrogen) atoms. The fourth-order valence-corrected chi connectivity index (χ4v) is 2.36. The summed E-state index contributed by atoms with van der Waals surface area (Å²) >= 11 is 0. The molecule has 0 spiro atoms. The van der Waals surface area contributed by atoms with Crippen LogP contribution in [0.1, 0.15) is 26.5 Å². The topological polar surface area (TPSA) is 70.6 Å². The van der Waals surface area contributed by atoms with Gasteiger partial charge in [-0.15, -0.1) is 0 Å². The SMILES string of the molecule is CC(C)(C)OC(=O)N1CCN(CCNCc2ccncn2)CC1. The fraction of sp³-hybridized carbons (Fsp3) is 0.688. The molecule has 128 valence electrons. The van der Waals surface area contributed by atoms with Gasteiger partial charge in [0.05, 0.1) is 5.69 Å². The summed E-state index contributed by atoms with van der Waals surface area (Å²) in [5, 5.41) is 3.38. The van der Waals surface area contributed by atoms with E-state index in [9.17, 15) is 4.79 Å². The zero-order chi connectivity index (χ0) is 16.7. The van der Waals surface area contributed by atoms with Gasteiger partial charge in [0, 0.05) is 52.0 Å². The average molecular weight is 321 g/mol. The summed E-state index contributed by atoms with van der Waals surface area (Å²) in [6.07, 6.45) is 3.10. The molecular formula is C16H27N5O2. The second-order valence-corrected chi connectivity index (χ2v) is 6.69. The maximum absolute atomic E-state index is 12.0. The van der Waals surface area contributed by atoms with E-state index in [-0.39, 0.29) is 6.09 Å². The summed E-state index contributed by atoms with van der Waals surface area (Å²) < 4.78 is 5.40. The van der Waals surface area contributed by atoms with Gasteiger partial charge in [-0.3, -0.25) is 4.90 Å². The summed E-state index contributed by atoms with van der Waals surface area (Å²) in [5.74, 6) is 0. The third-order valence-electron chi connectivity index (χ3n) is 3.58. The molecule has 0 aliphatic carbocycles. The summed E-state index contributed by atoms with van der Waals surface area (Å²) in [6.45, 7) is 11.5. The average Bonchev–Trinajstić information content (AvgIpc) is 2.51. The van der Waals surface area contributed by atoms with Crippen LogP contribution < -0.4 is 5.32 Å². The fourth-order valence-electron chi connectivity index (χ4n) is 2.36. The summed E-state index contributed by atoms with van der Waals surface area (Å²) in [6, 6.07) is 1.91. The van der Waals surface area contributed by atoms with Gasteiger partial charge in [-0.1, -0.05) is 0 Å². The van der Waals surface area contributed by atoms with Crippen LogP contribution in [0.3, 0.4) is 0 Å². The quantitative estimate of drug-likeness (QED) is 0.820. The van der Waals surface area contributed by atoms with Gasteiger partial charge in [0.2, 0.25) is 0 Å². The van der Waals surface area contributed by atoms with Crippen molar-refractivity contribution in [1.29, 1.82) is 0 Å². The highest BCUT2D eigenvalue weighted by Crippen LogP contribution is 2.11. The number of rotatable bonds is 5. The Kier molecular flexibility index (Phi) is 6.29. The van der Waals surface area contributed by atoms with Gasteiger partial charge in [0.25, 0.3) is 0 Å². The molecule has 1 fully saturated rings. The Bertz CT molecular complexity index is 481. The molecule has 7 heteroatoms. The molecule has 2 heterocycles. The Morgan fingerprint density at radius 3 is 2.65 bits per heavy atom. The lowest BCUT2D eigenvalue weighted by Crippen LogP contribution is -2.51. The van der Waals surface area contributed by atoms with E-state index in [0.717, 1.165) is 51.5 Å². The highest BCUT2D eigenvalue weighted by molar-refractivity contribution is 5.68. The van der Waals surface area contributed by atoms with E-state index in [1.54, 1.807) is 17.4 Å². The number of hydrogen-bond donors (Lipinski definition) is 1. The highest BCUT2D eigenvalue weighted by atomic mass is 16.6. The minimum absolute atomic E-state index is 0.209. The Balaban J connectivity index is 1.60. The largest absolute Gasteiger partial charge is 0.444 e. The van der Waals surface area contributed by atoms with Crippen molar-refractivity contribution in [2.45, 2.75) is 32.9 Å². The van der Waals surface area contributed by atoms with Crippen LogP contribution in [0.5, 0.6) is 0 Å². The maximum Gasteiger partial charge on any atom is 0.410 e. The number of nitrogens with zero attached hydrogens (tertiary/aromatic N) is 4. The van der Waals surface area contributed by atoms with Gasteiger partial charge < -0.3 is 15.0 Å². The first-order valence-electron chi connectivity index (χ1n) is 8.10. The molecule has 0 aromatic carbocycles. The van der Waals surface area contributed by atoms with E-state index < -0.39 is 5.60 Å². The number of hydrogen-bond acceptors (Lipinski definition) is 6. The van der Waals surface area contributed by atoms with E-state index in [2.05, 4.69) is 20.2 Å². The molecule has 0 bridgehead atoms. The Morgan fingerprint density at radius 1 is 1.30 bits per heavy atom. The van der Waals surface area contributed by atoms with Crippen LogP contribution in [0.2, 0.25) is 0 Å². The molecular weight excluding hydrogens is 294 g/mol. The molecule has 0 saturated carbocycles. The lowest BCUT2D eigenvalue weighted by atomic mass is 10.2. The molecule has 1 aromatic rings. The number of amides is 1. The van der Waals surface area contributed by atoms with Crippen LogP contribution in [-0.4, -0.2) is 70.7 Å². The van der Waals surface area contributed by atoms with Gasteiger partial charge in [-0.05, 0) is 26.8 Å². The van der Waals surface area contributed by atoms with E-state index in [0.29, 0.717) is 0 Å². The number of aromatic nitrogens is 2. The summed E-state index contributed by atoms with van der Waals surface area (Å²) in [5.41, 5.74) is 0.564. The predicted molar refractivity (Wildman–Crippen MR) is 88.0 cm³/mol. The van der Waals surface area contributed by atoms with Gasteiger partial charge in [0.15, 0.2) is 0 Å².